The molecule has 27 heavy (non-hydrogen) atoms. The third-order valence-corrected chi connectivity index (χ3v) is 4.65. The number of carbonyl (C=O) groups is 1. The highest BCUT2D eigenvalue weighted by molar-refractivity contribution is 9.10. The van der Waals surface area contributed by atoms with E-state index in [1.807, 2.05) is 30.3 Å². The highest BCUT2D eigenvalue weighted by Gasteiger charge is 2.09. The van der Waals surface area contributed by atoms with Crippen LogP contribution in [0.5, 0.6) is 17.2 Å². The summed E-state index contributed by atoms with van der Waals surface area (Å²) in [5.41, 5.74) is 2.78. The highest BCUT2D eigenvalue weighted by Crippen LogP contribution is 2.33. The average Bonchev–Trinajstić information content (AvgIpc) is 2.69. The topological polar surface area (TPSA) is 80.2 Å². The van der Waals surface area contributed by atoms with Gasteiger partial charge in [-0.3, -0.25) is 4.79 Å². The molecule has 0 spiro atoms. The number of halogens is 1. The van der Waals surface area contributed by atoms with Crippen LogP contribution in [0.1, 0.15) is 5.56 Å². The number of phenolic OH excluding ortho intramolecular Hbond substituents is 1. The minimum atomic E-state index is -0.423. The fourth-order valence-electron chi connectivity index (χ4n) is 2.48. The second-order valence-electron chi connectivity index (χ2n) is 5.58. The van der Waals surface area contributed by atoms with E-state index < -0.39 is 5.91 Å². The number of hydrogen-bond acceptors (Lipinski definition) is 5. The van der Waals surface area contributed by atoms with E-state index in [-0.39, 0.29) is 12.4 Å². The molecule has 2 N–H and O–H groups in total. The fraction of sp³-hybridized carbons (Fsp3) is 0.100. The fourth-order valence-corrected chi connectivity index (χ4v) is 3.09. The first-order chi connectivity index (χ1) is 13.1. The third-order valence-electron chi connectivity index (χ3n) is 3.83. The molecule has 1 amide bonds. The first kappa shape index (κ1) is 18.7. The Hall–Kier alpha value is -3.06. The molecule has 0 bridgehead atoms. The number of para-hydroxylation sites is 1. The first-order valence-electron chi connectivity index (χ1n) is 8.08. The molecule has 3 aromatic carbocycles. The number of hydrogen-bond donors (Lipinski definition) is 2. The molecule has 0 aromatic heterocycles. The molecule has 3 aromatic rings. The minimum Gasteiger partial charge on any atom is -0.504 e. The number of methoxy groups -OCH3 is 1. The summed E-state index contributed by atoms with van der Waals surface area (Å²) in [4.78, 5) is 11.9. The van der Waals surface area contributed by atoms with Gasteiger partial charge in [-0.25, -0.2) is 5.43 Å². The van der Waals surface area contributed by atoms with E-state index in [9.17, 15) is 9.90 Å². The van der Waals surface area contributed by atoms with Crippen LogP contribution in [0.25, 0.3) is 10.8 Å². The van der Waals surface area contributed by atoms with Gasteiger partial charge in [-0.15, -0.1) is 0 Å². The summed E-state index contributed by atoms with van der Waals surface area (Å²) < 4.78 is 11.4. The summed E-state index contributed by atoms with van der Waals surface area (Å²) in [6.07, 6.45) is 1.34. The predicted molar refractivity (Wildman–Crippen MR) is 108 cm³/mol. The molecule has 0 saturated carbocycles. The van der Waals surface area contributed by atoms with Crippen LogP contribution in [0.15, 0.2) is 64.2 Å². The molecule has 0 heterocycles. The molecular formula is C20H17BrN2O4. The smallest absolute Gasteiger partial charge is 0.277 e. The maximum atomic E-state index is 11.9. The monoisotopic (exact) mass is 428 g/mol. The van der Waals surface area contributed by atoms with Gasteiger partial charge in [0.25, 0.3) is 5.91 Å². The summed E-state index contributed by atoms with van der Waals surface area (Å²) in [5.74, 6) is 0.427. The lowest BCUT2D eigenvalue weighted by atomic mass is 10.1. The third kappa shape index (κ3) is 4.38. The van der Waals surface area contributed by atoms with E-state index in [1.54, 1.807) is 24.3 Å². The van der Waals surface area contributed by atoms with Crippen molar-refractivity contribution in [3.8, 4) is 17.2 Å². The van der Waals surface area contributed by atoms with Gasteiger partial charge in [-0.1, -0.05) is 36.4 Å². The number of nitrogens with one attached hydrogen (secondary N) is 1. The van der Waals surface area contributed by atoms with Gasteiger partial charge in [-0.2, -0.15) is 5.10 Å². The predicted octanol–water partition coefficient (Wildman–Crippen LogP) is 3.85. The number of fused-ring (bicyclic) bond motifs is 1. The molecule has 0 radical (unpaired) electrons. The van der Waals surface area contributed by atoms with Crippen molar-refractivity contribution in [2.24, 2.45) is 5.10 Å². The number of phenols is 1. The van der Waals surface area contributed by atoms with Crippen LogP contribution in [0.2, 0.25) is 0 Å². The van der Waals surface area contributed by atoms with Crippen molar-refractivity contribution in [3.05, 3.63) is 64.6 Å². The number of rotatable bonds is 6. The van der Waals surface area contributed by atoms with E-state index in [2.05, 4.69) is 26.5 Å². The summed E-state index contributed by atoms with van der Waals surface area (Å²) in [6, 6.07) is 16.6. The zero-order chi connectivity index (χ0) is 19.2. The van der Waals surface area contributed by atoms with Gasteiger partial charge in [-0.05, 0) is 44.9 Å². The van der Waals surface area contributed by atoms with Gasteiger partial charge in [0, 0.05) is 5.56 Å². The molecule has 3 rings (SSSR count). The molecular weight excluding hydrogens is 412 g/mol. The Morgan fingerprint density at radius 2 is 1.96 bits per heavy atom. The van der Waals surface area contributed by atoms with Gasteiger partial charge >= 0.3 is 0 Å². The van der Waals surface area contributed by atoms with Crippen molar-refractivity contribution in [2.45, 2.75) is 0 Å². The van der Waals surface area contributed by atoms with Crippen LogP contribution in [-0.4, -0.2) is 30.9 Å². The van der Waals surface area contributed by atoms with E-state index in [0.717, 1.165) is 15.2 Å². The first-order valence-corrected chi connectivity index (χ1v) is 8.87. The standard InChI is InChI=1S/C20H17BrN2O4/c1-26-17-8-4-6-14(20(17)25)11-22-23-18(24)12-27-16-10-9-13-5-2-3-7-15(13)19(16)21/h2-11,25H,12H2,1H3,(H,23,24)/b22-11-. The molecule has 0 aliphatic heterocycles. The Bertz CT molecular complexity index is 1000. The molecule has 0 saturated heterocycles. The van der Waals surface area contributed by atoms with E-state index in [0.29, 0.717) is 17.1 Å². The Morgan fingerprint density at radius 1 is 1.15 bits per heavy atom. The second kappa shape index (κ2) is 8.55. The van der Waals surface area contributed by atoms with E-state index >= 15 is 0 Å². The van der Waals surface area contributed by atoms with Crippen LogP contribution in [0.3, 0.4) is 0 Å². The molecule has 6 nitrogen and oxygen atoms in total. The van der Waals surface area contributed by atoms with Crippen molar-refractivity contribution < 1.29 is 19.4 Å². The number of hydrazone groups is 1. The summed E-state index contributed by atoms with van der Waals surface area (Å²) >= 11 is 3.51. The van der Waals surface area contributed by atoms with Gasteiger partial charge in [0.2, 0.25) is 0 Å². The quantitative estimate of drug-likeness (QED) is 0.461. The van der Waals surface area contributed by atoms with Crippen LogP contribution in [0.4, 0.5) is 0 Å². The van der Waals surface area contributed by atoms with Crippen molar-refractivity contribution in [2.75, 3.05) is 13.7 Å². The lowest BCUT2D eigenvalue weighted by molar-refractivity contribution is -0.123. The maximum Gasteiger partial charge on any atom is 0.277 e. The van der Waals surface area contributed by atoms with E-state index in [1.165, 1.54) is 13.3 Å². The van der Waals surface area contributed by atoms with Crippen LogP contribution < -0.4 is 14.9 Å². The normalized spacial score (nSPS) is 10.9. The summed E-state index contributed by atoms with van der Waals surface area (Å²) in [6.45, 7) is -0.196. The van der Waals surface area contributed by atoms with Crippen molar-refractivity contribution in [1.82, 2.24) is 5.43 Å². The number of carbonyl (C=O) groups excluding carboxylic acids is 1. The van der Waals surface area contributed by atoms with Gasteiger partial charge in [0.15, 0.2) is 18.1 Å². The molecule has 0 fully saturated rings. The van der Waals surface area contributed by atoms with Crippen molar-refractivity contribution in [1.29, 1.82) is 0 Å². The zero-order valence-corrected chi connectivity index (χ0v) is 16.1. The molecule has 138 valence electrons. The number of amides is 1. The minimum absolute atomic E-state index is 0.0469. The van der Waals surface area contributed by atoms with E-state index in [4.69, 9.17) is 9.47 Å². The second-order valence-corrected chi connectivity index (χ2v) is 6.37. The van der Waals surface area contributed by atoms with Crippen LogP contribution >= 0.6 is 15.9 Å². The number of aromatic hydroxyl groups is 1. The van der Waals surface area contributed by atoms with Crippen LogP contribution in [-0.2, 0) is 4.79 Å². The highest BCUT2D eigenvalue weighted by atomic mass is 79.9. The largest absolute Gasteiger partial charge is 0.504 e. The molecule has 0 atom stereocenters. The van der Waals surface area contributed by atoms with Crippen LogP contribution in [0, 0.1) is 0 Å². The van der Waals surface area contributed by atoms with Crippen molar-refractivity contribution in [3.63, 3.8) is 0 Å². The lowest BCUT2D eigenvalue weighted by Crippen LogP contribution is -2.24. The molecule has 0 unspecified atom stereocenters. The molecule has 0 aliphatic rings. The number of benzene rings is 3. The summed E-state index contributed by atoms with van der Waals surface area (Å²) in [7, 11) is 1.46. The average molecular weight is 429 g/mol. The van der Waals surface area contributed by atoms with Gasteiger partial charge in [0.1, 0.15) is 5.75 Å². The van der Waals surface area contributed by atoms with Gasteiger partial charge in [0.05, 0.1) is 17.8 Å². The Morgan fingerprint density at radius 3 is 2.78 bits per heavy atom. The Balaban J connectivity index is 1.60. The Labute approximate surface area is 164 Å². The number of ether oxygens (including phenoxy) is 2. The molecule has 0 aliphatic carbocycles. The summed E-state index contributed by atoms with van der Waals surface area (Å²) in [5, 5.41) is 15.9. The number of nitrogens with zero attached hydrogens (tertiary/aromatic N) is 1. The zero-order valence-electron chi connectivity index (χ0n) is 14.5. The Kier molecular flexibility index (Phi) is 5.93. The molecule has 7 heteroatoms. The van der Waals surface area contributed by atoms with Crippen molar-refractivity contribution >= 4 is 38.8 Å². The lowest BCUT2D eigenvalue weighted by Gasteiger charge is -2.09. The van der Waals surface area contributed by atoms with Gasteiger partial charge < -0.3 is 14.6 Å². The SMILES string of the molecule is COc1cccc(/C=N\NC(=O)COc2ccc3ccccc3c2Br)c1O. The maximum absolute atomic E-state index is 11.9.